The van der Waals surface area contributed by atoms with Crippen LogP contribution in [0.5, 0.6) is 0 Å². The zero-order chi connectivity index (χ0) is 14.0. The summed E-state index contributed by atoms with van der Waals surface area (Å²) in [4.78, 5) is 5.38. The SMILES string of the molecule is Cc1ncc(CNc2cc(S(N)(=O)=O)ccc2C)s1. The van der Waals surface area contributed by atoms with Crippen LogP contribution in [0, 0.1) is 13.8 Å². The maximum absolute atomic E-state index is 11.3. The highest BCUT2D eigenvalue weighted by Crippen LogP contribution is 2.21. The van der Waals surface area contributed by atoms with Gasteiger partial charge in [-0.2, -0.15) is 0 Å². The highest BCUT2D eigenvalue weighted by atomic mass is 32.2. The second-order valence-electron chi connectivity index (χ2n) is 4.22. The Balaban J connectivity index is 2.20. The molecule has 3 N–H and O–H groups in total. The summed E-state index contributed by atoms with van der Waals surface area (Å²) < 4.78 is 22.6. The lowest BCUT2D eigenvalue weighted by Crippen LogP contribution is -2.12. The Labute approximate surface area is 116 Å². The largest absolute Gasteiger partial charge is 0.380 e. The smallest absolute Gasteiger partial charge is 0.238 e. The second kappa shape index (κ2) is 5.28. The number of aryl methyl sites for hydroxylation is 2. The van der Waals surface area contributed by atoms with Crippen LogP contribution in [0.4, 0.5) is 5.69 Å². The number of nitrogens with one attached hydrogen (secondary N) is 1. The maximum atomic E-state index is 11.3. The van der Waals surface area contributed by atoms with Gasteiger partial charge in [0.1, 0.15) is 0 Å². The standard InChI is InChI=1S/C12H15N3O2S2/c1-8-3-4-11(19(13,16)17)5-12(8)15-7-10-6-14-9(2)18-10/h3-6,15H,7H2,1-2H3,(H2,13,16,17). The van der Waals surface area contributed by atoms with E-state index in [9.17, 15) is 8.42 Å². The molecule has 0 spiro atoms. The quantitative estimate of drug-likeness (QED) is 0.904. The molecular weight excluding hydrogens is 282 g/mol. The average Bonchev–Trinajstić information content (AvgIpc) is 2.72. The zero-order valence-corrected chi connectivity index (χ0v) is 12.3. The lowest BCUT2D eigenvalue weighted by atomic mass is 10.2. The Morgan fingerprint density at radius 3 is 2.68 bits per heavy atom. The monoisotopic (exact) mass is 297 g/mol. The third-order valence-corrected chi connectivity index (χ3v) is 4.48. The molecule has 0 unspecified atom stereocenters. The first-order chi connectivity index (χ1) is 8.86. The molecule has 0 atom stereocenters. The van der Waals surface area contributed by atoms with Gasteiger partial charge in [0.25, 0.3) is 0 Å². The molecule has 5 nitrogen and oxygen atoms in total. The highest BCUT2D eigenvalue weighted by molar-refractivity contribution is 7.89. The molecule has 0 aliphatic rings. The van der Waals surface area contributed by atoms with Gasteiger partial charge in [0, 0.05) is 16.8 Å². The van der Waals surface area contributed by atoms with E-state index < -0.39 is 10.0 Å². The van der Waals surface area contributed by atoms with Crippen molar-refractivity contribution in [2.75, 3.05) is 5.32 Å². The summed E-state index contributed by atoms with van der Waals surface area (Å²) >= 11 is 1.61. The predicted molar refractivity (Wildman–Crippen MR) is 76.7 cm³/mol. The molecule has 0 aliphatic carbocycles. The Kier molecular flexibility index (Phi) is 3.88. The van der Waals surface area contributed by atoms with Crippen LogP contribution in [-0.4, -0.2) is 13.4 Å². The van der Waals surface area contributed by atoms with Crippen LogP contribution >= 0.6 is 11.3 Å². The summed E-state index contributed by atoms with van der Waals surface area (Å²) in [7, 11) is -3.67. The topological polar surface area (TPSA) is 85.1 Å². The number of nitrogens with zero attached hydrogens (tertiary/aromatic N) is 1. The summed E-state index contributed by atoms with van der Waals surface area (Å²) in [5.41, 5.74) is 1.73. The van der Waals surface area contributed by atoms with Crippen molar-refractivity contribution >= 4 is 27.0 Å². The van der Waals surface area contributed by atoms with Gasteiger partial charge in [-0.1, -0.05) is 6.07 Å². The summed E-state index contributed by atoms with van der Waals surface area (Å²) in [6, 6.07) is 4.80. The number of nitrogens with two attached hydrogens (primary N) is 1. The molecule has 0 amide bonds. The van der Waals surface area contributed by atoms with E-state index in [0.29, 0.717) is 6.54 Å². The van der Waals surface area contributed by atoms with Crippen LogP contribution in [-0.2, 0) is 16.6 Å². The number of rotatable bonds is 4. The van der Waals surface area contributed by atoms with Crippen LogP contribution < -0.4 is 10.5 Å². The van der Waals surface area contributed by atoms with E-state index in [1.54, 1.807) is 23.5 Å². The minimum Gasteiger partial charge on any atom is -0.380 e. The number of benzene rings is 1. The molecule has 7 heteroatoms. The second-order valence-corrected chi connectivity index (χ2v) is 7.10. The van der Waals surface area contributed by atoms with Gasteiger partial charge in [0.05, 0.1) is 16.4 Å². The van der Waals surface area contributed by atoms with E-state index in [2.05, 4.69) is 10.3 Å². The first-order valence-electron chi connectivity index (χ1n) is 5.65. The van der Waals surface area contributed by atoms with Gasteiger partial charge in [0.2, 0.25) is 10.0 Å². The van der Waals surface area contributed by atoms with Crippen molar-refractivity contribution in [3.8, 4) is 0 Å². The fourth-order valence-corrected chi connectivity index (χ4v) is 2.91. The number of hydrogen-bond acceptors (Lipinski definition) is 5. The normalized spacial score (nSPS) is 11.5. The third kappa shape index (κ3) is 3.52. The van der Waals surface area contributed by atoms with Gasteiger partial charge >= 0.3 is 0 Å². The molecular formula is C12H15N3O2S2. The van der Waals surface area contributed by atoms with Crippen LogP contribution in [0.25, 0.3) is 0 Å². The number of thiazole rings is 1. The fourth-order valence-electron chi connectivity index (χ4n) is 1.64. The molecule has 2 rings (SSSR count). The number of sulfonamides is 1. The lowest BCUT2D eigenvalue weighted by Gasteiger charge is -2.09. The van der Waals surface area contributed by atoms with Crippen LogP contribution in [0.3, 0.4) is 0 Å². The number of hydrogen-bond donors (Lipinski definition) is 2. The summed E-state index contributed by atoms with van der Waals surface area (Å²) in [5, 5.41) is 9.33. The minimum absolute atomic E-state index is 0.112. The Bertz CT molecular complexity index is 693. The summed E-state index contributed by atoms with van der Waals surface area (Å²) in [6.45, 7) is 4.47. The first-order valence-corrected chi connectivity index (χ1v) is 8.01. The van der Waals surface area contributed by atoms with Crippen molar-refractivity contribution in [2.45, 2.75) is 25.3 Å². The van der Waals surface area contributed by atoms with E-state index in [1.807, 2.05) is 20.0 Å². The third-order valence-electron chi connectivity index (χ3n) is 2.66. The van der Waals surface area contributed by atoms with Crippen molar-refractivity contribution in [2.24, 2.45) is 5.14 Å². The molecule has 0 fully saturated rings. The highest BCUT2D eigenvalue weighted by Gasteiger charge is 2.10. The first kappa shape index (κ1) is 14.0. The van der Waals surface area contributed by atoms with E-state index in [-0.39, 0.29) is 4.90 Å². The fraction of sp³-hybridized carbons (Fsp3) is 0.250. The van der Waals surface area contributed by atoms with E-state index in [0.717, 1.165) is 21.1 Å². The Morgan fingerprint density at radius 2 is 2.11 bits per heavy atom. The van der Waals surface area contributed by atoms with Gasteiger partial charge < -0.3 is 5.32 Å². The molecule has 0 saturated carbocycles. The molecule has 1 aromatic carbocycles. The van der Waals surface area contributed by atoms with Crippen molar-refractivity contribution in [3.05, 3.63) is 39.8 Å². The summed E-state index contributed by atoms with van der Waals surface area (Å²) in [6.07, 6.45) is 1.81. The van der Waals surface area contributed by atoms with Gasteiger partial charge in [-0.05, 0) is 31.5 Å². The van der Waals surface area contributed by atoms with Crippen LogP contribution in [0.2, 0.25) is 0 Å². The zero-order valence-electron chi connectivity index (χ0n) is 10.7. The summed E-state index contributed by atoms with van der Waals surface area (Å²) in [5.74, 6) is 0. The van der Waals surface area contributed by atoms with E-state index >= 15 is 0 Å². The Hall–Kier alpha value is -1.44. The van der Waals surface area contributed by atoms with Crippen molar-refractivity contribution < 1.29 is 8.42 Å². The van der Waals surface area contributed by atoms with Gasteiger partial charge in [-0.3, -0.25) is 0 Å². The van der Waals surface area contributed by atoms with Crippen molar-refractivity contribution in [1.29, 1.82) is 0 Å². The molecule has 1 aromatic heterocycles. The molecule has 102 valence electrons. The molecule has 0 aliphatic heterocycles. The minimum atomic E-state index is -3.67. The van der Waals surface area contributed by atoms with Crippen molar-refractivity contribution in [1.82, 2.24) is 4.98 Å². The maximum Gasteiger partial charge on any atom is 0.238 e. The van der Waals surface area contributed by atoms with Crippen molar-refractivity contribution in [3.63, 3.8) is 0 Å². The molecule has 19 heavy (non-hydrogen) atoms. The Morgan fingerprint density at radius 1 is 1.37 bits per heavy atom. The van der Waals surface area contributed by atoms with Crippen LogP contribution in [0.15, 0.2) is 29.3 Å². The predicted octanol–water partition coefficient (Wildman–Crippen LogP) is 2.02. The average molecular weight is 297 g/mol. The van der Waals surface area contributed by atoms with Crippen LogP contribution in [0.1, 0.15) is 15.4 Å². The van der Waals surface area contributed by atoms with E-state index in [4.69, 9.17) is 5.14 Å². The lowest BCUT2D eigenvalue weighted by molar-refractivity contribution is 0.598. The molecule has 0 bridgehead atoms. The van der Waals surface area contributed by atoms with Gasteiger partial charge in [-0.25, -0.2) is 18.5 Å². The molecule has 1 heterocycles. The van der Waals surface area contributed by atoms with E-state index in [1.165, 1.54) is 6.07 Å². The van der Waals surface area contributed by atoms with Gasteiger partial charge in [-0.15, -0.1) is 11.3 Å². The van der Waals surface area contributed by atoms with Gasteiger partial charge in [0.15, 0.2) is 0 Å². The molecule has 0 saturated heterocycles. The molecule has 0 radical (unpaired) electrons. The number of anilines is 1. The molecule has 2 aromatic rings. The number of primary sulfonamides is 1. The number of aromatic nitrogens is 1.